The molecule has 5 heteroatoms. The number of nitrogens with zero attached hydrogens (tertiary/aromatic N) is 1. The Hall–Kier alpha value is -1.91. The Morgan fingerprint density at radius 3 is 2.71 bits per heavy atom. The van der Waals surface area contributed by atoms with Gasteiger partial charge in [0.25, 0.3) is 0 Å². The lowest BCUT2D eigenvalue weighted by Gasteiger charge is -2.11. The maximum atomic E-state index is 12.3. The summed E-state index contributed by atoms with van der Waals surface area (Å²) >= 11 is 0. The quantitative estimate of drug-likeness (QED) is 0.806. The van der Waals surface area contributed by atoms with E-state index in [0.717, 1.165) is 0 Å². The van der Waals surface area contributed by atoms with Crippen molar-refractivity contribution < 1.29 is 13.5 Å². The van der Waals surface area contributed by atoms with Gasteiger partial charge in [-0.2, -0.15) is 8.78 Å². The average Bonchev–Trinajstić information content (AvgIpc) is 2.25. The summed E-state index contributed by atoms with van der Waals surface area (Å²) in [5, 5.41) is 0.190. The van der Waals surface area contributed by atoms with Gasteiger partial charge < -0.3 is 9.30 Å². The third-order valence-corrected chi connectivity index (χ3v) is 2.57. The van der Waals surface area contributed by atoms with Gasteiger partial charge in [-0.3, -0.25) is 4.79 Å². The van der Waals surface area contributed by atoms with Crippen LogP contribution in [0.15, 0.2) is 29.2 Å². The van der Waals surface area contributed by atoms with E-state index >= 15 is 0 Å². The normalized spacial score (nSPS) is 11.1. The number of aromatic nitrogens is 1. The number of hydrogen-bond acceptors (Lipinski definition) is 2. The predicted octanol–water partition coefficient (Wildman–Crippen LogP) is 2.45. The van der Waals surface area contributed by atoms with E-state index in [1.54, 1.807) is 36.9 Å². The Morgan fingerprint density at radius 2 is 2.06 bits per heavy atom. The van der Waals surface area contributed by atoms with Gasteiger partial charge >= 0.3 is 6.61 Å². The Labute approximate surface area is 96.2 Å². The molecule has 0 radical (unpaired) electrons. The molecule has 90 valence electrons. The van der Waals surface area contributed by atoms with Gasteiger partial charge in [-0.15, -0.1) is 0 Å². The topological polar surface area (TPSA) is 31.2 Å². The van der Waals surface area contributed by atoms with Crippen LogP contribution in [0, 0.1) is 6.92 Å². The highest BCUT2D eigenvalue weighted by Crippen LogP contribution is 2.24. The molecule has 0 aliphatic heterocycles. The molecule has 1 heterocycles. The first-order valence-electron chi connectivity index (χ1n) is 5.04. The lowest BCUT2D eigenvalue weighted by molar-refractivity contribution is -0.0488. The molecule has 2 aromatic rings. The summed E-state index contributed by atoms with van der Waals surface area (Å²) in [7, 11) is 1.75. The Kier molecular flexibility index (Phi) is 2.83. The first kappa shape index (κ1) is 11.6. The lowest BCUT2D eigenvalue weighted by Crippen LogP contribution is -2.13. The first-order valence-corrected chi connectivity index (χ1v) is 5.04. The molecule has 0 fully saturated rings. The zero-order valence-electron chi connectivity index (χ0n) is 9.41. The number of rotatable bonds is 2. The molecule has 1 aromatic heterocycles. The molecule has 1 aromatic carbocycles. The van der Waals surface area contributed by atoms with E-state index in [9.17, 15) is 13.6 Å². The summed E-state index contributed by atoms with van der Waals surface area (Å²) in [5.74, 6) is -0.0817. The molecule has 0 aliphatic rings. The molecule has 0 aliphatic carbocycles. The Balaban J connectivity index is 2.82. The van der Waals surface area contributed by atoms with E-state index in [2.05, 4.69) is 4.74 Å². The van der Waals surface area contributed by atoms with Crippen molar-refractivity contribution in [2.45, 2.75) is 13.5 Å². The maximum Gasteiger partial charge on any atom is 0.387 e. The molecule has 0 saturated heterocycles. The minimum absolute atomic E-state index is 0.0817. The number of alkyl halides is 2. The molecule has 17 heavy (non-hydrogen) atoms. The van der Waals surface area contributed by atoms with Crippen molar-refractivity contribution in [3.8, 4) is 5.75 Å². The fourth-order valence-corrected chi connectivity index (χ4v) is 1.85. The molecular formula is C12H11F2NO2. The van der Waals surface area contributed by atoms with Gasteiger partial charge in [-0.25, -0.2) is 0 Å². The number of aryl methyl sites for hydroxylation is 2. The Bertz CT molecular complexity index is 620. The van der Waals surface area contributed by atoms with Gasteiger partial charge in [0, 0.05) is 18.8 Å². The number of pyridine rings is 1. The monoisotopic (exact) mass is 239 g/mol. The van der Waals surface area contributed by atoms with Crippen LogP contribution < -0.4 is 10.2 Å². The van der Waals surface area contributed by atoms with Crippen molar-refractivity contribution in [3.63, 3.8) is 0 Å². The van der Waals surface area contributed by atoms with Gasteiger partial charge in [-0.1, -0.05) is 6.07 Å². The highest BCUT2D eigenvalue weighted by Gasteiger charge is 2.13. The molecular weight excluding hydrogens is 228 g/mol. The highest BCUT2D eigenvalue weighted by atomic mass is 19.3. The third kappa shape index (κ3) is 2.00. The molecule has 0 N–H and O–H groups in total. The Morgan fingerprint density at radius 1 is 1.35 bits per heavy atom. The summed E-state index contributed by atoms with van der Waals surface area (Å²) in [4.78, 5) is 11.9. The summed E-state index contributed by atoms with van der Waals surface area (Å²) in [6.45, 7) is -1.30. The van der Waals surface area contributed by atoms with Crippen LogP contribution >= 0.6 is 0 Å². The second kappa shape index (κ2) is 4.16. The molecule has 0 saturated carbocycles. The third-order valence-electron chi connectivity index (χ3n) is 2.57. The fraction of sp³-hybridized carbons (Fsp3) is 0.250. The molecule has 0 atom stereocenters. The number of ether oxygens (including phenoxy) is 1. The van der Waals surface area contributed by atoms with Crippen LogP contribution in [0.5, 0.6) is 5.75 Å². The fourth-order valence-electron chi connectivity index (χ4n) is 1.85. The molecule has 0 amide bonds. The maximum absolute atomic E-state index is 12.3. The lowest BCUT2D eigenvalue weighted by atomic mass is 10.1. The van der Waals surface area contributed by atoms with E-state index in [1.165, 1.54) is 6.07 Å². The van der Waals surface area contributed by atoms with Crippen LogP contribution in [0.2, 0.25) is 0 Å². The van der Waals surface area contributed by atoms with Crippen molar-refractivity contribution >= 4 is 10.9 Å². The van der Waals surface area contributed by atoms with Crippen molar-refractivity contribution in [2.75, 3.05) is 0 Å². The number of hydrogen-bond donors (Lipinski definition) is 0. The van der Waals surface area contributed by atoms with Crippen LogP contribution in [0.25, 0.3) is 10.9 Å². The van der Waals surface area contributed by atoms with Gasteiger partial charge in [0.2, 0.25) is 0 Å². The number of halogens is 2. The minimum atomic E-state index is -2.94. The van der Waals surface area contributed by atoms with Crippen LogP contribution in [0.4, 0.5) is 8.78 Å². The zero-order chi connectivity index (χ0) is 12.6. The average molecular weight is 239 g/mol. The zero-order valence-corrected chi connectivity index (χ0v) is 9.41. The van der Waals surface area contributed by atoms with Crippen LogP contribution in [-0.2, 0) is 7.05 Å². The largest absolute Gasteiger partial charge is 0.434 e. The summed E-state index contributed by atoms with van der Waals surface area (Å²) < 4.78 is 30.6. The summed E-state index contributed by atoms with van der Waals surface area (Å²) in [6.07, 6.45) is 1.66. The van der Waals surface area contributed by atoms with E-state index in [1.807, 2.05) is 0 Å². The second-order valence-electron chi connectivity index (χ2n) is 3.78. The van der Waals surface area contributed by atoms with E-state index < -0.39 is 6.61 Å². The molecule has 0 bridgehead atoms. The van der Waals surface area contributed by atoms with Crippen molar-refractivity contribution in [1.29, 1.82) is 0 Å². The first-order chi connectivity index (χ1) is 8.00. The minimum Gasteiger partial charge on any atom is -0.434 e. The van der Waals surface area contributed by atoms with Gasteiger partial charge in [-0.05, 0) is 19.1 Å². The second-order valence-corrected chi connectivity index (χ2v) is 3.78. The van der Waals surface area contributed by atoms with Crippen LogP contribution in [0.1, 0.15) is 5.56 Å². The number of fused-ring (bicyclic) bond motifs is 1. The molecule has 0 spiro atoms. The number of benzene rings is 1. The van der Waals surface area contributed by atoms with Crippen molar-refractivity contribution in [3.05, 3.63) is 40.2 Å². The van der Waals surface area contributed by atoms with E-state index in [0.29, 0.717) is 11.1 Å². The van der Waals surface area contributed by atoms with E-state index in [-0.39, 0.29) is 16.6 Å². The predicted molar refractivity (Wildman–Crippen MR) is 60.6 cm³/mol. The van der Waals surface area contributed by atoms with Crippen molar-refractivity contribution in [1.82, 2.24) is 4.57 Å². The van der Waals surface area contributed by atoms with Gasteiger partial charge in [0.1, 0.15) is 5.75 Å². The van der Waals surface area contributed by atoms with Crippen molar-refractivity contribution in [2.24, 2.45) is 7.05 Å². The summed E-state index contributed by atoms with van der Waals surface area (Å²) in [5.41, 5.74) is 0.776. The van der Waals surface area contributed by atoms with Crippen LogP contribution in [0.3, 0.4) is 0 Å². The van der Waals surface area contributed by atoms with E-state index in [4.69, 9.17) is 0 Å². The van der Waals surface area contributed by atoms with Gasteiger partial charge in [0.15, 0.2) is 5.43 Å². The standard InChI is InChI=1S/C12H11F2NO2/c1-7-6-15(2)8-4-3-5-9(17-12(13)14)10(8)11(7)16/h3-6,12H,1-2H3. The smallest absolute Gasteiger partial charge is 0.387 e. The van der Waals surface area contributed by atoms with Gasteiger partial charge in [0.05, 0.1) is 10.9 Å². The molecule has 0 unspecified atom stereocenters. The molecule has 3 nitrogen and oxygen atoms in total. The summed E-state index contributed by atoms with van der Waals surface area (Å²) in [6, 6.07) is 4.64. The van der Waals surface area contributed by atoms with Crippen LogP contribution in [-0.4, -0.2) is 11.2 Å². The molecule has 2 rings (SSSR count). The highest BCUT2D eigenvalue weighted by molar-refractivity contribution is 5.85. The SMILES string of the molecule is Cc1cn(C)c2cccc(OC(F)F)c2c1=O.